The van der Waals surface area contributed by atoms with E-state index in [9.17, 15) is 9.59 Å². The van der Waals surface area contributed by atoms with Crippen LogP contribution in [0.3, 0.4) is 0 Å². The third kappa shape index (κ3) is 5.40. The molecule has 0 aromatic heterocycles. The van der Waals surface area contributed by atoms with Crippen LogP contribution in [0.25, 0.3) is 0 Å². The Labute approximate surface area is 119 Å². The molecule has 0 bridgehead atoms. The highest BCUT2D eigenvalue weighted by Gasteiger charge is 2.29. The van der Waals surface area contributed by atoms with Crippen molar-refractivity contribution in [3.05, 3.63) is 0 Å². The van der Waals surface area contributed by atoms with Crippen LogP contribution in [0.5, 0.6) is 0 Å². The number of nitrogens with zero attached hydrogens (tertiary/aromatic N) is 1. The van der Waals surface area contributed by atoms with Gasteiger partial charge in [0.05, 0.1) is 11.9 Å². The summed E-state index contributed by atoms with van der Waals surface area (Å²) in [5.74, 6) is 0.993. The van der Waals surface area contributed by atoms with Crippen LogP contribution in [0.15, 0.2) is 0 Å². The normalized spacial score (nSPS) is 24.3. The number of thioether (sulfide) groups is 1. The number of carbonyl (C=O) groups excluding carboxylic acids is 2. The predicted octanol–water partition coefficient (Wildman–Crippen LogP) is 0.801. The van der Waals surface area contributed by atoms with Crippen LogP contribution < -0.4 is 10.6 Å². The molecule has 1 rings (SSSR count). The van der Waals surface area contributed by atoms with E-state index in [1.807, 2.05) is 23.6 Å². The summed E-state index contributed by atoms with van der Waals surface area (Å²) in [5, 5.41) is 6.08. The molecule has 0 saturated carbocycles. The zero-order valence-electron chi connectivity index (χ0n) is 12.0. The molecule has 1 aliphatic heterocycles. The Morgan fingerprint density at radius 2 is 2.26 bits per heavy atom. The Kier molecular flexibility index (Phi) is 7.23. The van der Waals surface area contributed by atoms with Crippen molar-refractivity contribution in [3.63, 3.8) is 0 Å². The molecule has 2 N–H and O–H groups in total. The molecule has 19 heavy (non-hydrogen) atoms. The molecule has 0 aromatic rings. The third-order valence-electron chi connectivity index (χ3n) is 3.40. The summed E-state index contributed by atoms with van der Waals surface area (Å²) in [4.78, 5) is 24.3. The second-order valence-corrected chi connectivity index (χ2v) is 6.38. The number of hydrogen-bond donors (Lipinski definition) is 2. The summed E-state index contributed by atoms with van der Waals surface area (Å²) in [6.07, 6.45) is 4.06. The number of nitrogens with one attached hydrogen (secondary N) is 2. The molecule has 1 fully saturated rings. The minimum atomic E-state index is 0.0315. The Hall–Kier alpha value is -0.750. The van der Waals surface area contributed by atoms with E-state index in [0.717, 1.165) is 31.4 Å². The van der Waals surface area contributed by atoms with Crippen molar-refractivity contribution in [2.45, 2.75) is 50.6 Å². The van der Waals surface area contributed by atoms with Gasteiger partial charge in [-0.05, 0) is 45.9 Å². The third-order valence-corrected chi connectivity index (χ3v) is 4.74. The summed E-state index contributed by atoms with van der Waals surface area (Å²) in [6, 6.07) is 0.541. The topological polar surface area (TPSA) is 61.4 Å². The summed E-state index contributed by atoms with van der Waals surface area (Å²) >= 11 is 1.82. The molecule has 0 aromatic carbocycles. The molecule has 3 unspecified atom stereocenters. The van der Waals surface area contributed by atoms with Crippen LogP contribution in [-0.4, -0.2) is 54.0 Å². The molecule has 1 heterocycles. The van der Waals surface area contributed by atoms with E-state index in [2.05, 4.69) is 17.6 Å². The molecule has 0 spiro atoms. The van der Waals surface area contributed by atoms with E-state index in [1.54, 1.807) is 7.05 Å². The van der Waals surface area contributed by atoms with Gasteiger partial charge in [0.25, 0.3) is 0 Å². The highest BCUT2D eigenvalue weighted by Crippen LogP contribution is 2.30. The molecule has 1 aliphatic rings. The maximum atomic E-state index is 11.4. The quantitative estimate of drug-likeness (QED) is 0.648. The lowest BCUT2D eigenvalue weighted by Crippen LogP contribution is -2.38. The molecule has 2 amide bonds. The van der Waals surface area contributed by atoms with Crippen LogP contribution in [0.4, 0.5) is 0 Å². The van der Waals surface area contributed by atoms with Gasteiger partial charge in [0.2, 0.25) is 12.3 Å². The van der Waals surface area contributed by atoms with Gasteiger partial charge in [-0.25, -0.2) is 0 Å². The fraction of sp³-hybridized carbons (Fsp3) is 0.846. The SMILES string of the molecule is CNCC(=O)NC(C)CCSC1CCC(C)N1C=O. The van der Waals surface area contributed by atoms with Gasteiger partial charge >= 0.3 is 0 Å². The zero-order chi connectivity index (χ0) is 14.3. The second-order valence-electron chi connectivity index (χ2n) is 5.09. The predicted molar refractivity (Wildman–Crippen MR) is 79.0 cm³/mol. The first-order chi connectivity index (χ1) is 9.08. The van der Waals surface area contributed by atoms with E-state index < -0.39 is 0 Å². The van der Waals surface area contributed by atoms with Crippen LogP contribution in [0.2, 0.25) is 0 Å². The number of carbonyl (C=O) groups is 2. The van der Waals surface area contributed by atoms with Crippen LogP contribution in [-0.2, 0) is 9.59 Å². The maximum absolute atomic E-state index is 11.4. The van der Waals surface area contributed by atoms with Gasteiger partial charge in [0.15, 0.2) is 0 Å². The van der Waals surface area contributed by atoms with Crippen molar-refractivity contribution in [3.8, 4) is 0 Å². The van der Waals surface area contributed by atoms with E-state index in [-0.39, 0.29) is 11.9 Å². The number of likely N-dealkylation sites (tertiary alicyclic amines) is 1. The highest BCUT2D eigenvalue weighted by molar-refractivity contribution is 7.99. The molecule has 5 nitrogen and oxygen atoms in total. The second kappa shape index (κ2) is 8.43. The van der Waals surface area contributed by atoms with Crippen molar-refractivity contribution in [1.82, 2.24) is 15.5 Å². The minimum absolute atomic E-state index is 0.0315. The van der Waals surface area contributed by atoms with Gasteiger partial charge in [-0.2, -0.15) is 0 Å². The standard InChI is InChI=1S/C13H25N3O2S/c1-10(15-12(18)8-14-3)6-7-19-13-5-4-11(2)16(13)9-17/h9-11,13-14H,4-8H2,1-3H3,(H,15,18). The molecule has 3 atom stereocenters. The lowest BCUT2D eigenvalue weighted by atomic mass is 10.2. The smallest absolute Gasteiger partial charge is 0.234 e. The molecule has 0 radical (unpaired) electrons. The molecular formula is C13H25N3O2S. The Morgan fingerprint density at radius 1 is 1.53 bits per heavy atom. The van der Waals surface area contributed by atoms with Crippen LogP contribution in [0, 0.1) is 0 Å². The first-order valence-corrected chi connectivity index (χ1v) is 7.91. The molecular weight excluding hydrogens is 262 g/mol. The molecule has 110 valence electrons. The van der Waals surface area contributed by atoms with Crippen molar-refractivity contribution in [1.29, 1.82) is 0 Å². The number of amides is 2. The molecule has 6 heteroatoms. The summed E-state index contributed by atoms with van der Waals surface area (Å²) in [7, 11) is 1.76. The zero-order valence-corrected chi connectivity index (χ0v) is 12.8. The van der Waals surface area contributed by atoms with Crippen molar-refractivity contribution >= 4 is 24.1 Å². The summed E-state index contributed by atoms with van der Waals surface area (Å²) in [6.45, 7) is 4.47. The molecule has 0 aliphatic carbocycles. The van der Waals surface area contributed by atoms with Crippen molar-refractivity contribution in [2.24, 2.45) is 0 Å². The fourth-order valence-corrected chi connectivity index (χ4v) is 3.74. The van der Waals surface area contributed by atoms with Gasteiger partial charge in [-0.3, -0.25) is 9.59 Å². The van der Waals surface area contributed by atoms with Gasteiger partial charge in [-0.15, -0.1) is 11.8 Å². The van der Waals surface area contributed by atoms with E-state index >= 15 is 0 Å². The van der Waals surface area contributed by atoms with Gasteiger partial charge < -0.3 is 15.5 Å². The van der Waals surface area contributed by atoms with E-state index in [1.165, 1.54) is 0 Å². The average Bonchev–Trinajstić information content (AvgIpc) is 2.70. The monoisotopic (exact) mass is 287 g/mol. The van der Waals surface area contributed by atoms with Crippen LogP contribution >= 0.6 is 11.8 Å². The van der Waals surface area contributed by atoms with E-state index in [0.29, 0.717) is 18.0 Å². The lowest BCUT2D eigenvalue weighted by molar-refractivity contribution is -0.121. The average molecular weight is 287 g/mol. The first-order valence-electron chi connectivity index (χ1n) is 6.86. The van der Waals surface area contributed by atoms with E-state index in [4.69, 9.17) is 0 Å². The van der Waals surface area contributed by atoms with Crippen LogP contribution in [0.1, 0.15) is 33.1 Å². The van der Waals surface area contributed by atoms with Crippen molar-refractivity contribution < 1.29 is 9.59 Å². The van der Waals surface area contributed by atoms with Gasteiger partial charge in [0.1, 0.15) is 0 Å². The minimum Gasteiger partial charge on any atom is -0.353 e. The van der Waals surface area contributed by atoms with Crippen molar-refractivity contribution in [2.75, 3.05) is 19.3 Å². The Bertz CT molecular complexity index is 302. The summed E-state index contributed by atoms with van der Waals surface area (Å²) < 4.78 is 0. The Balaban J connectivity index is 2.19. The van der Waals surface area contributed by atoms with Gasteiger partial charge in [-0.1, -0.05) is 0 Å². The largest absolute Gasteiger partial charge is 0.353 e. The van der Waals surface area contributed by atoms with Gasteiger partial charge in [0, 0.05) is 12.1 Å². The fourth-order valence-electron chi connectivity index (χ4n) is 2.25. The maximum Gasteiger partial charge on any atom is 0.234 e. The number of likely N-dealkylation sites (N-methyl/N-ethyl adjacent to an activating group) is 1. The lowest BCUT2D eigenvalue weighted by Gasteiger charge is -2.24. The molecule has 1 saturated heterocycles. The summed E-state index contributed by atoms with van der Waals surface area (Å²) in [5.41, 5.74) is 0. The number of rotatable bonds is 8. The Morgan fingerprint density at radius 3 is 2.89 bits per heavy atom. The first kappa shape index (κ1) is 16.3. The number of hydrogen-bond acceptors (Lipinski definition) is 4. The highest BCUT2D eigenvalue weighted by atomic mass is 32.2.